The molecule has 1 atom stereocenters. The zero-order valence-electron chi connectivity index (χ0n) is 18.1. The average Bonchev–Trinajstić information content (AvgIpc) is 2.84. The van der Waals surface area contributed by atoms with E-state index < -0.39 is 0 Å². The number of benzene rings is 2. The molecule has 31 heavy (non-hydrogen) atoms. The number of aryl methyl sites for hydroxylation is 1. The largest absolute Gasteiger partial charge is 0.340 e. The Morgan fingerprint density at radius 2 is 1.77 bits per heavy atom. The Morgan fingerprint density at radius 3 is 2.48 bits per heavy atom. The molecule has 0 saturated carbocycles. The summed E-state index contributed by atoms with van der Waals surface area (Å²) in [6.07, 6.45) is 9.04. The fourth-order valence-corrected chi connectivity index (χ4v) is 4.02. The van der Waals surface area contributed by atoms with Gasteiger partial charge < -0.3 is 10.2 Å². The number of aromatic nitrogens is 2. The summed E-state index contributed by atoms with van der Waals surface area (Å²) in [5, 5.41) is 3.09. The van der Waals surface area contributed by atoms with E-state index in [0.717, 1.165) is 42.6 Å². The van der Waals surface area contributed by atoms with Crippen molar-refractivity contribution in [1.29, 1.82) is 0 Å². The Labute approximate surface area is 184 Å². The average molecular weight is 415 g/mol. The van der Waals surface area contributed by atoms with E-state index in [-0.39, 0.29) is 11.8 Å². The molecular weight excluding hydrogens is 384 g/mol. The molecule has 0 radical (unpaired) electrons. The molecule has 1 fully saturated rings. The number of anilines is 2. The minimum atomic E-state index is -0.0640. The lowest BCUT2D eigenvalue weighted by atomic mass is 9.97. The van der Waals surface area contributed by atoms with Crippen LogP contribution in [0.25, 0.3) is 11.1 Å². The molecular formula is C26H30N4O. The summed E-state index contributed by atoms with van der Waals surface area (Å²) in [5.74, 6) is 0.704. The summed E-state index contributed by atoms with van der Waals surface area (Å²) in [4.78, 5) is 24.1. The van der Waals surface area contributed by atoms with Crippen LogP contribution >= 0.6 is 0 Å². The topological polar surface area (TPSA) is 58.1 Å². The van der Waals surface area contributed by atoms with Gasteiger partial charge in [0.1, 0.15) is 0 Å². The lowest BCUT2D eigenvalue weighted by Gasteiger charge is -2.32. The maximum Gasteiger partial charge on any atom is 0.229 e. The number of hydrogen-bond donors (Lipinski definition) is 1. The van der Waals surface area contributed by atoms with Crippen LogP contribution in [0.4, 0.5) is 11.6 Å². The second-order valence-electron chi connectivity index (χ2n) is 8.21. The number of piperidine rings is 1. The van der Waals surface area contributed by atoms with Crippen LogP contribution in [0.5, 0.6) is 0 Å². The molecule has 0 unspecified atom stereocenters. The van der Waals surface area contributed by atoms with Gasteiger partial charge in [0, 0.05) is 36.7 Å². The van der Waals surface area contributed by atoms with Crippen LogP contribution in [-0.4, -0.2) is 29.0 Å². The third-order valence-corrected chi connectivity index (χ3v) is 5.86. The van der Waals surface area contributed by atoms with E-state index in [0.29, 0.717) is 12.5 Å². The zero-order valence-corrected chi connectivity index (χ0v) is 18.1. The van der Waals surface area contributed by atoms with E-state index in [2.05, 4.69) is 51.4 Å². The number of carbonyl (C=O) groups is 1. The molecule has 0 bridgehead atoms. The smallest absolute Gasteiger partial charge is 0.229 e. The first-order valence-electron chi connectivity index (χ1n) is 11.2. The van der Waals surface area contributed by atoms with Crippen molar-refractivity contribution >= 4 is 17.5 Å². The number of nitrogens with one attached hydrogen (secondary N) is 1. The van der Waals surface area contributed by atoms with Gasteiger partial charge in [-0.2, -0.15) is 0 Å². The summed E-state index contributed by atoms with van der Waals surface area (Å²) in [6, 6.07) is 18.4. The van der Waals surface area contributed by atoms with Crippen molar-refractivity contribution in [2.45, 2.75) is 39.0 Å². The van der Waals surface area contributed by atoms with Crippen molar-refractivity contribution < 1.29 is 4.79 Å². The lowest BCUT2D eigenvalue weighted by molar-refractivity contribution is -0.120. The van der Waals surface area contributed by atoms with Gasteiger partial charge in [-0.1, -0.05) is 55.8 Å². The highest BCUT2D eigenvalue weighted by Crippen LogP contribution is 2.24. The third-order valence-electron chi connectivity index (χ3n) is 5.86. The van der Waals surface area contributed by atoms with E-state index in [1.807, 2.05) is 42.7 Å². The molecule has 1 N–H and O–H groups in total. The summed E-state index contributed by atoms with van der Waals surface area (Å²) in [6.45, 7) is 3.72. The standard InChI is InChI=1S/C26H30N4O/c1-2-3-8-20-12-14-24(15-13-20)29-25(31)22-11-7-16-30(19-22)26-27-17-23(18-28-26)21-9-5-4-6-10-21/h4-6,9-10,12-15,17-18,22H,2-3,7-8,11,16,19H2,1H3,(H,29,31)/t22-/m0/s1. The predicted molar refractivity (Wildman–Crippen MR) is 126 cm³/mol. The Hall–Kier alpha value is -3.21. The fraction of sp³-hybridized carbons (Fsp3) is 0.346. The van der Waals surface area contributed by atoms with Crippen LogP contribution in [0.15, 0.2) is 67.0 Å². The molecule has 0 aliphatic carbocycles. The van der Waals surface area contributed by atoms with Crippen molar-refractivity contribution in [1.82, 2.24) is 9.97 Å². The van der Waals surface area contributed by atoms with Gasteiger partial charge in [0.2, 0.25) is 11.9 Å². The summed E-state index contributed by atoms with van der Waals surface area (Å²) in [7, 11) is 0. The fourth-order valence-electron chi connectivity index (χ4n) is 4.02. The molecule has 1 saturated heterocycles. The lowest BCUT2D eigenvalue weighted by Crippen LogP contribution is -2.41. The number of rotatable bonds is 7. The summed E-state index contributed by atoms with van der Waals surface area (Å²) in [5.41, 5.74) is 4.29. The second kappa shape index (κ2) is 10.2. The quantitative estimate of drug-likeness (QED) is 0.567. The molecule has 4 rings (SSSR count). The van der Waals surface area contributed by atoms with Crippen molar-refractivity contribution in [3.05, 3.63) is 72.6 Å². The van der Waals surface area contributed by atoms with Crippen molar-refractivity contribution in [3.8, 4) is 11.1 Å². The molecule has 5 nitrogen and oxygen atoms in total. The van der Waals surface area contributed by atoms with Gasteiger partial charge in [-0.3, -0.25) is 4.79 Å². The summed E-state index contributed by atoms with van der Waals surface area (Å²) >= 11 is 0. The van der Waals surface area contributed by atoms with E-state index >= 15 is 0 Å². The number of hydrogen-bond acceptors (Lipinski definition) is 4. The van der Waals surface area contributed by atoms with Gasteiger partial charge in [0.15, 0.2) is 0 Å². The van der Waals surface area contributed by atoms with Crippen LogP contribution in [0.1, 0.15) is 38.2 Å². The number of carbonyl (C=O) groups excluding carboxylic acids is 1. The highest BCUT2D eigenvalue weighted by Gasteiger charge is 2.27. The Balaban J connectivity index is 1.36. The highest BCUT2D eigenvalue weighted by molar-refractivity contribution is 5.93. The normalized spacial score (nSPS) is 16.2. The van der Waals surface area contributed by atoms with Gasteiger partial charge in [-0.15, -0.1) is 0 Å². The Kier molecular flexibility index (Phi) is 6.92. The molecule has 0 spiro atoms. The SMILES string of the molecule is CCCCc1ccc(NC(=O)[C@H]2CCCN(c3ncc(-c4ccccc4)cn3)C2)cc1. The minimum Gasteiger partial charge on any atom is -0.340 e. The molecule has 1 aliphatic rings. The van der Waals surface area contributed by atoms with Crippen molar-refractivity contribution in [2.75, 3.05) is 23.3 Å². The Morgan fingerprint density at radius 1 is 1.03 bits per heavy atom. The van der Waals surface area contributed by atoms with E-state index in [9.17, 15) is 4.79 Å². The van der Waals surface area contributed by atoms with Gasteiger partial charge in [0.25, 0.3) is 0 Å². The molecule has 5 heteroatoms. The molecule has 1 aliphatic heterocycles. The van der Waals surface area contributed by atoms with Gasteiger partial charge in [0.05, 0.1) is 5.92 Å². The van der Waals surface area contributed by atoms with Crippen LogP contribution in [0, 0.1) is 5.92 Å². The first-order chi connectivity index (χ1) is 15.2. The monoisotopic (exact) mass is 414 g/mol. The molecule has 1 aromatic heterocycles. The zero-order chi connectivity index (χ0) is 21.5. The van der Waals surface area contributed by atoms with Crippen molar-refractivity contribution in [3.63, 3.8) is 0 Å². The number of unbranched alkanes of at least 4 members (excludes halogenated alkanes) is 1. The summed E-state index contributed by atoms with van der Waals surface area (Å²) < 4.78 is 0. The first-order valence-corrected chi connectivity index (χ1v) is 11.2. The van der Waals surface area contributed by atoms with Crippen LogP contribution in [0.3, 0.4) is 0 Å². The van der Waals surface area contributed by atoms with Gasteiger partial charge >= 0.3 is 0 Å². The maximum absolute atomic E-state index is 12.9. The Bertz CT molecular complexity index is 971. The van der Waals surface area contributed by atoms with Crippen LogP contribution in [0.2, 0.25) is 0 Å². The van der Waals surface area contributed by atoms with Crippen LogP contribution < -0.4 is 10.2 Å². The number of amides is 1. The van der Waals surface area contributed by atoms with Crippen LogP contribution in [-0.2, 0) is 11.2 Å². The van der Waals surface area contributed by atoms with E-state index in [1.54, 1.807) is 0 Å². The molecule has 2 aromatic carbocycles. The van der Waals surface area contributed by atoms with Gasteiger partial charge in [-0.05, 0) is 48.9 Å². The second-order valence-corrected chi connectivity index (χ2v) is 8.21. The van der Waals surface area contributed by atoms with Gasteiger partial charge in [-0.25, -0.2) is 9.97 Å². The highest BCUT2D eigenvalue weighted by atomic mass is 16.1. The molecule has 1 amide bonds. The first kappa shape index (κ1) is 21.0. The maximum atomic E-state index is 12.9. The molecule has 3 aromatic rings. The predicted octanol–water partition coefficient (Wildman–Crippen LogP) is 5.34. The third kappa shape index (κ3) is 5.48. The van der Waals surface area contributed by atoms with E-state index in [1.165, 1.54) is 18.4 Å². The van der Waals surface area contributed by atoms with E-state index in [4.69, 9.17) is 0 Å². The molecule has 160 valence electrons. The number of nitrogens with zero attached hydrogens (tertiary/aromatic N) is 3. The van der Waals surface area contributed by atoms with Crippen molar-refractivity contribution in [2.24, 2.45) is 5.92 Å². The molecule has 2 heterocycles. The minimum absolute atomic E-state index is 0.0640.